The number of para-hydroxylation sites is 1. The highest BCUT2D eigenvalue weighted by molar-refractivity contribution is 5.79. The zero-order chi connectivity index (χ0) is 23.6. The minimum Gasteiger partial charge on any atom is -0.333 e. The molecule has 1 atom stereocenters. The van der Waals surface area contributed by atoms with Crippen LogP contribution in [0.25, 0.3) is 16.6 Å². The number of aryl methyl sites for hydroxylation is 2. The van der Waals surface area contributed by atoms with Gasteiger partial charge in [0.15, 0.2) is 0 Å². The maximum atomic E-state index is 13.7. The molecule has 3 rings (SSSR count). The van der Waals surface area contributed by atoms with E-state index < -0.39 is 0 Å². The predicted octanol–water partition coefficient (Wildman–Crippen LogP) is 5.59. The molecule has 0 aliphatic heterocycles. The Morgan fingerprint density at radius 1 is 1.00 bits per heavy atom. The lowest BCUT2D eigenvalue weighted by molar-refractivity contribution is -0.135. The summed E-state index contributed by atoms with van der Waals surface area (Å²) in [5.41, 5.74) is 3.49. The lowest BCUT2D eigenvalue weighted by atomic mass is 10.1. The molecule has 0 saturated heterocycles. The molecular formula is C27H35N3O2. The van der Waals surface area contributed by atoms with Gasteiger partial charge in [0.2, 0.25) is 5.91 Å². The first-order valence-corrected chi connectivity index (χ1v) is 11.5. The molecule has 0 aliphatic rings. The average Bonchev–Trinajstić information content (AvgIpc) is 2.71. The summed E-state index contributed by atoms with van der Waals surface area (Å²) in [5, 5.41) is 0.576. The van der Waals surface area contributed by atoms with Crippen LogP contribution in [0, 0.1) is 25.7 Å². The van der Waals surface area contributed by atoms with Gasteiger partial charge in [-0.3, -0.25) is 14.2 Å². The summed E-state index contributed by atoms with van der Waals surface area (Å²) in [6.45, 7) is 15.0. The lowest BCUT2D eigenvalue weighted by Gasteiger charge is -2.32. The number of nitrogens with zero attached hydrogens (tertiary/aromatic N) is 3. The first kappa shape index (κ1) is 23.7. The topological polar surface area (TPSA) is 55.2 Å². The van der Waals surface area contributed by atoms with Crippen LogP contribution in [-0.2, 0) is 4.79 Å². The van der Waals surface area contributed by atoms with Gasteiger partial charge in [0.1, 0.15) is 5.82 Å². The lowest BCUT2D eigenvalue weighted by Crippen LogP contribution is -2.40. The molecule has 0 saturated carbocycles. The average molecular weight is 434 g/mol. The number of rotatable bonds is 7. The molecule has 5 heteroatoms. The zero-order valence-corrected chi connectivity index (χ0v) is 20.3. The number of fused-ring (bicyclic) bond motifs is 1. The van der Waals surface area contributed by atoms with E-state index in [2.05, 4.69) is 33.8 Å². The molecule has 0 N–H and O–H groups in total. The van der Waals surface area contributed by atoms with E-state index in [1.54, 1.807) is 4.57 Å². The van der Waals surface area contributed by atoms with Gasteiger partial charge >= 0.3 is 0 Å². The van der Waals surface area contributed by atoms with Crippen molar-refractivity contribution in [2.24, 2.45) is 11.8 Å². The van der Waals surface area contributed by atoms with Crippen LogP contribution in [0.2, 0.25) is 0 Å². The van der Waals surface area contributed by atoms with Crippen LogP contribution in [0.4, 0.5) is 0 Å². The Bertz CT molecular complexity index is 1180. The van der Waals surface area contributed by atoms with Crippen LogP contribution in [0.3, 0.4) is 0 Å². The van der Waals surface area contributed by atoms with E-state index in [1.165, 1.54) is 0 Å². The minimum absolute atomic E-state index is 0.0933. The van der Waals surface area contributed by atoms with E-state index in [9.17, 15) is 9.59 Å². The van der Waals surface area contributed by atoms with E-state index in [4.69, 9.17) is 4.98 Å². The summed E-state index contributed by atoms with van der Waals surface area (Å²) in [4.78, 5) is 33.8. The quantitative estimate of drug-likeness (QED) is 0.488. The first-order valence-electron chi connectivity index (χ1n) is 11.5. The van der Waals surface area contributed by atoms with Crippen LogP contribution in [0.1, 0.15) is 64.0 Å². The van der Waals surface area contributed by atoms with Crippen molar-refractivity contribution in [2.75, 3.05) is 6.54 Å². The van der Waals surface area contributed by atoms with E-state index in [0.29, 0.717) is 35.6 Å². The number of hydrogen-bond acceptors (Lipinski definition) is 3. The van der Waals surface area contributed by atoms with Crippen molar-refractivity contribution < 1.29 is 4.79 Å². The number of amides is 1. The first-order chi connectivity index (χ1) is 15.1. The van der Waals surface area contributed by atoms with Crippen LogP contribution < -0.4 is 5.56 Å². The summed E-state index contributed by atoms with van der Waals surface area (Å²) in [5.74, 6) is 1.25. The molecule has 0 unspecified atom stereocenters. The Hall–Kier alpha value is -2.95. The van der Waals surface area contributed by atoms with E-state index in [0.717, 1.165) is 16.8 Å². The molecule has 32 heavy (non-hydrogen) atoms. The third-order valence-electron chi connectivity index (χ3n) is 5.70. The van der Waals surface area contributed by atoms with Crippen molar-refractivity contribution in [3.63, 3.8) is 0 Å². The summed E-state index contributed by atoms with van der Waals surface area (Å²) in [7, 11) is 0. The summed E-state index contributed by atoms with van der Waals surface area (Å²) >= 11 is 0. The predicted molar refractivity (Wildman–Crippen MR) is 131 cm³/mol. The highest BCUT2D eigenvalue weighted by Crippen LogP contribution is 2.26. The van der Waals surface area contributed by atoms with Gasteiger partial charge in [-0.2, -0.15) is 0 Å². The molecule has 0 fully saturated rings. The Morgan fingerprint density at radius 3 is 2.31 bits per heavy atom. The minimum atomic E-state index is -0.346. The monoisotopic (exact) mass is 433 g/mol. The third-order valence-corrected chi connectivity index (χ3v) is 5.70. The van der Waals surface area contributed by atoms with Crippen molar-refractivity contribution in [2.45, 2.75) is 60.9 Å². The molecule has 0 aliphatic carbocycles. The van der Waals surface area contributed by atoms with Crippen molar-refractivity contribution in [3.8, 4) is 5.69 Å². The van der Waals surface area contributed by atoms with E-state index in [1.807, 2.05) is 62.1 Å². The highest BCUT2D eigenvalue weighted by atomic mass is 16.2. The van der Waals surface area contributed by atoms with Gasteiger partial charge in [0.05, 0.1) is 22.6 Å². The van der Waals surface area contributed by atoms with Crippen molar-refractivity contribution in [1.82, 2.24) is 14.5 Å². The Morgan fingerprint density at radius 2 is 1.69 bits per heavy atom. The van der Waals surface area contributed by atoms with Crippen molar-refractivity contribution in [1.29, 1.82) is 0 Å². The van der Waals surface area contributed by atoms with Crippen molar-refractivity contribution in [3.05, 3.63) is 69.8 Å². The standard InChI is InChI=1S/C27H35N3O2/c1-17(2)14-25(31)29(16-18(3)4)21(7)26-28-23-11-9-8-10-22(23)27(32)30(26)24-13-12-19(5)15-20(24)6/h8-13,15,17-18,21H,14,16H2,1-7H3/t21-/m0/s1. The van der Waals surface area contributed by atoms with Gasteiger partial charge in [-0.15, -0.1) is 0 Å². The number of benzene rings is 2. The summed E-state index contributed by atoms with van der Waals surface area (Å²) in [6, 6.07) is 13.1. The Labute approximate surface area is 191 Å². The fourth-order valence-corrected chi connectivity index (χ4v) is 4.19. The number of carbonyl (C=O) groups excluding carboxylic acids is 1. The van der Waals surface area contributed by atoms with Crippen LogP contribution in [-0.4, -0.2) is 26.9 Å². The second-order valence-electron chi connectivity index (χ2n) is 9.63. The van der Waals surface area contributed by atoms with Gasteiger partial charge in [-0.1, -0.05) is 57.5 Å². The maximum Gasteiger partial charge on any atom is 0.266 e. The Kier molecular flexibility index (Phi) is 7.17. The molecule has 1 amide bonds. The van der Waals surface area contributed by atoms with Gasteiger partial charge in [0, 0.05) is 13.0 Å². The number of aromatic nitrogens is 2. The summed E-state index contributed by atoms with van der Waals surface area (Å²) in [6.07, 6.45) is 0.471. The SMILES string of the molecule is Cc1ccc(-n2c([C@H](C)N(CC(C)C)C(=O)CC(C)C)nc3ccccc3c2=O)c(C)c1. The molecule has 0 bridgehead atoms. The van der Waals surface area contributed by atoms with Crippen molar-refractivity contribution >= 4 is 16.8 Å². The third kappa shape index (κ3) is 4.93. The van der Waals surface area contributed by atoms with Gasteiger partial charge in [-0.25, -0.2) is 4.98 Å². The largest absolute Gasteiger partial charge is 0.333 e. The van der Waals surface area contributed by atoms with Crippen LogP contribution in [0.5, 0.6) is 0 Å². The van der Waals surface area contributed by atoms with Gasteiger partial charge in [0.25, 0.3) is 5.56 Å². The fourth-order valence-electron chi connectivity index (χ4n) is 4.19. The molecule has 0 spiro atoms. The normalized spacial score (nSPS) is 12.5. The molecule has 170 valence electrons. The smallest absolute Gasteiger partial charge is 0.266 e. The molecule has 1 heterocycles. The molecule has 3 aromatic rings. The molecular weight excluding hydrogens is 398 g/mol. The Balaban J connectivity index is 2.27. The van der Waals surface area contributed by atoms with Crippen LogP contribution in [0.15, 0.2) is 47.3 Å². The van der Waals surface area contributed by atoms with Gasteiger partial charge in [-0.05, 0) is 56.4 Å². The number of carbonyl (C=O) groups is 1. The fraction of sp³-hybridized carbons (Fsp3) is 0.444. The molecule has 1 aromatic heterocycles. The van der Waals surface area contributed by atoms with E-state index in [-0.39, 0.29) is 23.4 Å². The second kappa shape index (κ2) is 9.68. The van der Waals surface area contributed by atoms with Gasteiger partial charge < -0.3 is 4.90 Å². The van der Waals surface area contributed by atoms with Crippen LogP contribution >= 0.6 is 0 Å². The maximum absolute atomic E-state index is 13.7. The molecule has 5 nitrogen and oxygen atoms in total. The highest BCUT2D eigenvalue weighted by Gasteiger charge is 2.28. The molecule has 2 aromatic carbocycles. The second-order valence-corrected chi connectivity index (χ2v) is 9.63. The zero-order valence-electron chi connectivity index (χ0n) is 20.3. The molecule has 0 radical (unpaired) electrons. The van der Waals surface area contributed by atoms with E-state index >= 15 is 0 Å². The number of hydrogen-bond donors (Lipinski definition) is 0. The summed E-state index contributed by atoms with van der Waals surface area (Å²) < 4.78 is 1.71.